The molecule has 1 aromatic carbocycles. The van der Waals surface area contributed by atoms with E-state index >= 15 is 0 Å². The van der Waals surface area contributed by atoms with E-state index in [0.29, 0.717) is 5.41 Å². The Kier molecular flexibility index (Phi) is 3.01. The quantitative estimate of drug-likeness (QED) is 0.690. The first-order valence-electron chi connectivity index (χ1n) is 5.46. The summed E-state index contributed by atoms with van der Waals surface area (Å²) in [5, 5.41) is 1.12. The number of halogens is 1. The Morgan fingerprint density at radius 3 is 2.53 bits per heavy atom. The summed E-state index contributed by atoms with van der Waals surface area (Å²) in [7, 11) is 0. The minimum Gasteiger partial charge on any atom is -0.0925 e. The second kappa shape index (κ2) is 4.13. The van der Waals surface area contributed by atoms with Gasteiger partial charge in [0, 0.05) is 5.33 Å². The van der Waals surface area contributed by atoms with Crippen molar-refractivity contribution in [3.05, 3.63) is 41.5 Å². The van der Waals surface area contributed by atoms with E-state index in [4.69, 9.17) is 0 Å². The zero-order valence-electron chi connectivity index (χ0n) is 9.33. The minimum absolute atomic E-state index is 0.374. The van der Waals surface area contributed by atoms with Gasteiger partial charge in [-0.3, -0.25) is 0 Å². The molecule has 2 rings (SSSR count). The molecule has 1 aromatic rings. The van der Waals surface area contributed by atoms with Crippen LogP contribution in [0.5, 0.6) is 0 Å². The molecule has 0 aromatic heterocycles. The Morgan fingerprint density at radius 1 is 1.33 bits per heavy atom. The number of hydrogen-bond donors (Lipinski definition) is 0. The monoisotopic (exact) mass is 264 g/mol. The molecule has 0 bridgehead atoms. The van der Waals surface area contributed by atoms with Crippen molar-refractivity contribution in [2.45, 2.75) is 20.3 Å². The second-order valence-electron chi connectivity index (χ2n) is 4.86. The summed E-state index contributed by atoms with van der Waals surface area (Å²) in [5.41, 5.74) is 3.28. The summed E-state index contributed by atoms with van der Waals surface area (Å²) in [5.74, 6) is 0.799. The molecule has 1 aliphatic rings. The third kappa shape index (κ3) is 2.03. The highest BCUT2D eigenvalue weighted by atomic mass is 79.9. The molecule has 0 nitrogen and oxygen atoms in total. The van der Waals surface area contributed by atoms with E-state index in [2.05, 4.69) is 66.2 Å². The number of hydrogen-bond acceptors (Lipinski definition) is 0. The number of benzene rings is 1. The molecule has 1 heteroatoms. The van der Waals surface area contributed by atoms with E-state index in [-0.39, 0.29) is 0 Å². The van der Waals surface area contributed by atoms with Gasteiger partial charge in [0.25, 0.3) is 0 Å². The third-order valence-corrected chi connectivity index (χ3v) is 4.42. The normalized spacial score (nSPS) is 26.3. The van der Waals surface area contributed by atoms with Gasteiger partial charge in [-0.1, -0.05) is 71.8 Å². The van der Waals surface area contributed by atoms with Crippen molar-refractivity contribution in [1.82, 2.24) is 0 Å². The lowest BCUT2D eigenvalue weighted by molar-refractivity contribution is 0.196. The largest absolute Gasteiger partial charge is 0.0925 e. The Labute approximate surface area is 101 Å². The fraction of sp³-hybridized carbons (Fsp3) is 0.429. The highest BCUT2D eigenvalue weighted by Crippen LogP contribution is 2.52. The van der Waals surface area contributed by atoms with Crippen LogP contribution in [0.3, 0.4) is 0 Å². The molecule has 1 saturated carbocycles. The maximum atomic E-state index is 3.59. The SMILES string of the molecule is CC1(C)C(=Cc2ccccc2)CC1CBr. The highest BCUT2D eigenvalue weighted by molar-refractivity contribution is 9.09. The van der Waals surface area contributed by atoms with E-state index in [9.17, 15) is 0 Å². The van der Waals surface area contributed by atoms with Gasteiger partial charge in [-0.15, -0.1) is 0 Å². The highest BCUT2D eigenvalue weighted by Gasteiger charge is 2.42. The van der Waals surface area contributed by atoms with Crippen molar-refractivity contribution in [3.63, 3.8) is 0 Å². The lowest BCUT2D eigenvalue weighted by Crippen LogP contribution is -2.38. The van der Waals surface area contributed by atoms with Crippen LogP contribution in [0.1, 0.15) is 25.8 Å². The van der Waals surface area contributed by atoms with Gasteiger partial charge in [-0.25, -0.2) is 0 Å². The van der Waals surface area contributed by atoms with Gasteiger partial charge in [0.2, 0.25) is 0 Å². The Balaban J connectivity index is 2.18. The maximum Gasteiger partial charge on any atom is 0.00709 e. The van der Waals surface area contributed by atoms with Crippen LogP contribution in [0.15, 0.2) is 35.9 Å². The van der Waals surface area contributed by atoms with E-state index in [1.807, 2.05) is 0 Å². The van der Waals surface area contributed by atoms with Gasteiger partial charge in [-0.2, -0.15) is 0 Å². The molecule has 0 saturated heterocycles. The summed E-state index contributed by atoms with van der Waals surface area (Å²) >= 11 is 3.59. The van der Waals surface area contributed by atoms with Crippen LogP contribution in [0.2, 0.25) is 0 Å². The molecule has 1 fully saturated rings. The van der Waals surface area contributed by atoms with Crippen LogP contribution in [0.4, 0.5) is 0 Å². The smallest absolute Gasteiger partial charge is 0.00709 e. The molecule has 0 N–H and O–H groups in total. The fourth-order valence-electron chi connectivity index (χ4n) is 2.16. The predicted molar refractivity (Wildman–Crippen MR) is 70.1 cm³/mol. The van der Waals surface area contributed by atoms with Crippen LogP contribution in [0, 0.1) is 11.3 Å². The zero-order valence-corrected chi connectivity index (χ0v) is 10.9. The van der Waals surface area contributed by atoms with Crippen molar-refractivity contribution in [3.8, 4) is 0 Å². The van der Waals surface area contributed by atoms with Crippen molar-refractivity contribution < 1.29 is 0 Å². The summed E-state index contributed by atoms with van der Waals surface area (Å²) in [4.78, 5) is 0. The lowest BCUT2D eigenvalue weighted by Gasteiger charge is -2.47. The van der Waals surface area contributed by atoms with Crippen LogP contribution >= 0.6 is 15.9 Å². The van der Waals surface area contributed by atoms with E-state index in [0.717, 1.165) is 11.2 Å². The molecule has 15 heavy (non-hydrogen) atoms. The maximum absolute atomic E-state index is 3.59. The Hall–Kier alpha value is -0.560. The molecule has 0 amide bonds. The number of allylic oxidation sites excluding steroid dienone is 1. The van der Waals surface area contributed by atoms with E-state index in [1.165, 1.54) is 12.0 Å². The van der Waals surface area contributed by atoms with Gasteiger partial charge < -0.3 is 0 Å². The molecule has 0 aliphatic heterocycles. The number of rotatable bonds is 2. The van der Waals surface area contributed by atoms with Gasteiger partial charge >= 0.3 is 0 Å². The van der Waals surface area contributed by atoms with Gasteiger partial charge in [0.05, 0.1) is 0 Å². The fourth-order valence-corrected chi connectivity index (χ4v) is 3.20. The van der Waals surface area contributed by atoms with Crippen LogP contribution in [0.25, 0.3) is 6.08 Å². The van der Waals surface area contributed by atoms with Crippen molar-refractivity contribution in [2.24, 2.45) is 11.3 Å². The zero-order chi connectivity index (χ0) is 10.9. The summed E-state index contributed by atoms with van der Waals surface area (Å²) in [6.45, 7) is 4.69. The lowest BCUT2D eigenvalue weighted by atomic mass is 9.59. The first-order chi connectivity index (χ1) is 7.14. The summed E-state index contributed by atoms with van der Waals surface area (Å²) in [6.07, 6.45) is 3.59. The summed E-state index contributed by atoms with van der Waals surface area (Å²) in [6, 6.07) is 10.6. The molecule has 80 valence electrons. The molecular weight excluding hydrogens is 248 g/mol. The van der Waals surface area contributed by atoms with E-state index in [1.54, 1.807) is 5.57 Å². The predicted octanol–water partition coefficient (Wildman–Crippen LogP) is 4.51. The molecular formula is C14H17Br. The molecule has 0 spiro atoms. The molecule has 0 radical (unpaired) electrons. The van der Waals surface area contributed by atoms with Crippen molar-refractivity contribution >= 4 is 22.0 Å². The van der Waals surface area contributed by atoms with Gasteiger partial charge in [0.1, 0.15) is 0 Å². The number of alkyl halides is 1. The molecule has 1 atom stereocenters. The summed E-state index contributed by atoms with van der Waals surface area (Å²) < 4.78 is 0. The van der Waals surface area contributed by atoms with Crippen LogP contribution < -0.4 is 0 Å². The standard InChI is InChI=1S/C14H17Br/c1-14(2)12(9-13(14)10-15)8-11-6-4-3-5-7-11/h3-8,13H,9-10H2,1-2H3. The Bertz CT molecular complexity index is 362. The average Bonchev–Trinajstić information content (AvgIpc) is 2.25. The van der Waals surface area contributed by atoms with Gasteiger partial charge in [0.15, 0.2) is 0 Å². The first kappa shape index (κ1) is 10.9. The minimum atomic E-state index is 0.374. The first-order valence-corrected chi connectivity index (χ1v) is 6.59. The van der Waals surface area contributed by atoms with Gasteiger partial charge in [-0.05, 0) is 23.3 Å². The van der Waals surface area contributed by atoms with E-state index < -0.39 is 0 Å². The van der Waals surface area contributed by atoms with Crippen molar-refractivity contribution in [1.29, 1.82) is 0 Å². The topological polar surface area (TPSA) is 0 Å². The molecule has 0 heterocycles. The van der Waals surface area contributed by atoms with Crippen LogP contribution in [-0.2, 0) is 0 Å². The second-order valence-corrected chi connectivity index (χ2v) is 5.50. The van der Waals surface area contributed by atoms with Crippen molar-refractivity contribution in [2.75, 3.05) is 5.33 Å². The molecule has 1 aliphatic carbocycles. The average molecular weight is 265 g/mol. The molecule has 1 unspecified atom stereocenters. The Morgan fingerprint density at radius 2 is 2.00 bits per heavy atom. The van der Waals surface area contributed by atoms with Crippen LogP contribution in [-0.4, -0.2) is 5.33 Å². The third-order valence-electron chi connectivity index (χ3n) is 3.64.